The predicted octanol–water partition coefficient (Wildman–Crippen LogP) is 2.75. The van der Waals surface area contributed by atoms with E-state index >= 15 is 0 Å². The van der Waals surface area contributed by atoms with Gasteiger partial charge in [0.05, 0.1) is 15.4 Å². The second-order valence-corrected chi connectivity index (χ2v) is 7.65. The lowest BCUT2D eigenvalue weighted by atomic mass is 10.3. The van der Waals surface area contributed by atoms with Crippen molar-refractivity contribution in [3.05, 3.63) is 21.6 Å². The first-order valence-corrected chi connectivity index (χ1v) is 8.62. The molecule has 0 aromatic heterocycles. The molecule has 2 N–H and O–H groups in total. The molecule has 0 aliphatic heterocycles. The average Bonchev–Trinajstić information content (AvgIpc) is 3.18. The minimum Gasteiger partial charge on any atom is -0.398 e. The third-order valence-corrected chi connectivity index (χ3v) is 6.36. The number of benzene rings is 1. The summed E-state index contributed by atoms with van der Waals surface area (Å²) in [5, 5.41) is 8.94. The number of nitrogens with two attached hydrogens (primary N) is 1. The fraction of sp³-hybridized carbons (Fsp3) is 0.417. The highest BCUT2D eigenvalue weighted by molar-refractivity contribution is 9.10. The van der Waals surface area contributed by atoms with Crippen molar-refractivity contribution in [2.75, 3.05) is 12.3 Å². The molecule has 1 aromatic rings. The van der Waals surface area contributed by atoms with Gasteiger partial charge in [-0.05, 0) is 40.9 Å². The number of rotatable bonds is 5. The van der Waals surface area contributed by atoms with Crippen molar-refractivity contribution in [3.63, 3.8) is 0 Å². The quantitative estimate of drug-likeness (QED) is 0.798. The van der Waals surface area contributed by atoms with Gasteiger partial charge in [-0.25, -0.2) is 8.42 Å². The molecule has 0 amide bonds. The monoisotopic (exact) mass is 377 g/mol. The summed E-state index contributed by atoms with van der Waals surface area (Å²) in [6, 6.07) is 4.81. The molecule has 108 valence electrons. The van der Waals surface area contributed by atoms with Gasteiger partial charge in [0, 0.05) is 29.7 Å². The van der Waals surface area contributed by atoms with E-state index in [0.717, 1.165) is 12.8 Å². The highest BCUT2D eigenvalue weighted by Crippen LogP contribution is 2.37. The van der Waals surface area contributed by atoms with E-state index in [0.29, 0.717) is 4.47 Å². The van der Waals surface area contributed by atoms with Crippen LogP contribution >= 0.6 is 27.5 Å². The van der Waals surface area contributed by atoms with Gasteiger partial charge in [0.25, 0.3) is 0 Å². The Labute approximate surface area is 131 Å². The lowest BCUT2D eigenvalue weighted by molar-refractivity contribution is 0.410. The average molecular weight is 379 g/mol. The van der Waals surface area contributed by atoms with E-state index in [1.807, 2.05) is 6.07 Å². The molecule has 0 bridgehead atoms. The second kappa shape index (κ2) is 5.90. The van der Waals surface area contributed by atoms with Gasteiger partial charge in [-0.3, -0.25) is 0 Å². The Morgan fingerprint density at radius 2 is 2.15 bits per heavy atom. The van der Waals surface area contributed by atoms with Crippen LogP contribution in [0.25, 0.3) is 0 Å². The zero-order chi connectivity index (χ0) is 14.9. The largest absolute Gasteiger partial charge is 0.398 e. The molecule has 2 rings (SSSR count). The molecule has 1 aliphatic rings. The maximum Gasteiger partial charge on any atom is 0.244 e. The molecule has 1 aliphatic carbocycles. The number of nitrogens with zero attached hydrogens (tertiary/aromatic N) is 2. The number of halogens is 2. The van der Waals surface area contributed by atoms with Crippen LogP contribution in [0.15, 0.2) is 21.5 Å². The summed E-state index contributed by atoms with van der Waals surface area (Å²) >= 11 is 9.10. The standard InChI is InChI=1S/C12H13BrClN3O2S/c13-12-10(16)6-8(14)7-11(12)20(18,19)17(5-1-4-15)9-2-3-9/h6-7,9H,1-3,5,16H2. The Kier molecular flexibility index (Phi) is 4.59. The highest BCUT2D eigenvalue weighted by Gasteiger charge is 2.38. The first-order chi connectivity index (χ1) is 9.37. The normalized spacial score (nSPS) is 15.3. The van der Waals surface area contributed by atoms with Crippen molar-refractivity contribution in [3.8, 4) is 6.07 Å². The molecule has 0 spiro atoms. The van der Waals surface area contributed by atoms with Crippen molar-refractivity contribution >= 4 is 43.2 Å². The maximum absolute atomic E-state index is 12.7. The van der Waals surface area contributed by atoms with Crippen LogP contribution in [0.1, 0.15) is 19.3 Å². The molecule has 1 aromatic carbocycles. The molecule has 1 fully saturated rings. The van der Waals surface area contributed by atoms with Crippen LogP contribution in [0, 0.1) is 11.3 Å². The smallest absolute Gasteiger partial charge is 0.244 e. The van der Waals surface area contributed by atoms with Gasteiger partial charge in [-0.1, -0.05) is 11.6 Å². The van der Waals surface area contributed by atoms with E-state index in [2.05, 4.69) is 15.9 Å². The number of hydrogen-bond acceptors (Lipinski definition) is 4. The van der Waals surface area contributed by atoms with Crippen molar-refractivity contribution in [2.45, 2.75) is 30.2 Å². The number of hydrogen-bond donors (Lipinski definition) is 1. The van der Waals surface area contributed by atoms with Gasteiger partial charge in [-0.2, -0.15) is 9.57 Å². The second-order valence-electron chi connectivity index (χ2n) is 4.56. The third kappa shape index (κ3) is 3.09. The molecule has 0 saturated heterocycles. The SMILES string of the molecule is N#CCCN(C1CC1)S(=O)(=O)c1cc(Cl)cc(N)c1Br. The minimum absolute atomic E-state index is 0.0274. The van der Waals surface area contributed by atoms with Crippen molar-refractivity contribution in [2.24, 2.45) is 0 Å². The van der Waals surface area contributed by atoms with E-state index in [1.165, 1.54) is 16.4 Å². The van der Waals surface area contributed by atoms with Crippen LogP contribution in [-0.2, 0) is 10.0 Å². The molecular weight excluding hydrogens is 366 g/mol. The Balaban J connectivity index is 2.45. The van der Waals surface area contributed by atoms with E-state index in [4.69, 9.17) is 22.6 Å². The summed E-state index contributed by atoms with van der Waals surface area (Å²) in [6.45, 7) is 0.183. The van der Waals surface area contributed by atoms with Crippen LogP contribution in [0.4, 0.5) is 5.69 Å². The molecule has 1 saturated carbocycles. The first-order valence-electron chi connectivity index (χ1n) is 6.01. The predicted molar refractivity (Wildman–Crippen MR) is 80.7 cm³/mol. The van der Waals surface area contributed by atoms with Crippen LogP contribution in [0.5, 0.6) is 0 Å². The van der Waals surface area contributed by atoms with Crippen molar-refractivity contribution in [1.29, 1.82) is 5.26 Å². The fourth-order valence-electron chi connectivity index (χ4n) is 1.92. The molecule has 0 radical (unpaired) electrons. The Morgan fingerprint density at radius 3 is 2.70 bits per heavy atom. The molecule has 20 heavy (non-hydrogen) atoms. The number of nitriles is 1. The zero-order valence-corrected chi connectivity index (χ0v) is 13.7. The minimum atomic E-state index is -3.71. The third-order valence-electron chi connectivity index (χ3n) is 3.02. The van der Waals surface area contributed by atoms with Crippen LogP contribution < -0.4 is 5.73 Å². The summed E-state index contributed by atoms with van der Waals surface area (Å²) in [5.74, 6) is 0. The summed E-state index contributed by atoms with van der Waals surface area (Å²) in [6.07, 6.45) is 1.79. The van der Waals surface area contributed by atoms with Gasteiger partial charge in [0.2, 0.25) is 10.0 Å². The topological polar surface area (TPSA) is 87.2 Å². The van der Waals surface area contributed by atoms with E-state index in [1.54, 1.807) is 0 Å². The van der Waals surface area contributed by atoms with Gasteiger partial charge >= 0.3 is 0 Å². The van der Waals surface area contributed by atoms with Gasteiger partial charge in [-0.15, -0.1) is 0 Å². The Bertz CT molecular complexity index is 668. The van der Waals surface area contributed by atoms with Crippen molar-refractivity contribution < 1.29 is 8.42 Å². The van der Waals surface area contributed by atoms with Gasteiger partial charge in [0.15, 0.2) is 0 Å². The molecular formula is C12H13BrClN3O2S. The summed E-state index contributed by atoms with van der Waals surface area (Å²) in [7, 11) is -3.71. The van der Waals surface area contributed by atoms with Crippen molar-refractivity contribution in [1.82, 2.24) is 4.31 Å². The first kappa shape index (κ1) is 15.6. The zero-order valence-electron chi connectivity index (χ0n) is 10.5. The van der Waals surface area contributed by atoms with Gasteiger partial charge < -0.3 is 5.73 Å². The number of nitrogen functional groups attached to an aromatic ring is 1. The Morgan fingerprint density at radius 1 is 1.50 bits per heavy atom. The van der Waals surface area contributed by atoms with E-state index in [9.17, 15) is 8.42 Å². The van der Waals surface area contributed by atoms with Gasteiger partial charge in [0.1, 0.15) is 0 Å². The highest BCUT2D eigenvalue weighted by atomic mass is 79.9. The number of anilines is 1. The Hall–Kier alpha value is -0.810. The lowest BCUT2D eigenvalue weighted by Gasteiger charge is -2.22. The number of sulfonamides is 1. The van der Waals surface area contributed by atoms with Crippen LogP contribution in [0.2, 0.25) is 5.02 Å². The lowest BCUT2D eigenvalue weighted by Crippen LogP contribution is -2.34. The molecule has 8 heteroatoms. The summed E-state index contributed by atoms with van der Waals surface area (Å²) in [5.41, 5.74) is 6.01. The molecule has 0 unspecified atom stereocenters. The van der Waals surface area contributed by atoms with E-state index in [-0.39, 0.29) is 34.6 Å². The molecule has 5 nitrogen and oxygen atoms in total. The maximum atomic E-state index is 12.7. The molecule has 0 heterocycles. The van der Waals surface area contributed by atoms with Crippen LogP contribution in [0.3, 0.4) is 0 Å². The fourth-order valence-corrected chi connectivity index (χ4v) is 4.86. The summed E-state index contributed by atoms with van der Waals surface area (Å²) < 4.78 is 27.1. The van der Waals surface area contributed by atoms with Crippen LogP contribution in [-0.4, -0.2) is 25.3 Å². The molecule has 0 atom stereocenters. The summed E-state index contributed by atoms with van der Waals surface area (Å²) in [4.78, 5) is 0.0485. The van der Waals surface area contributed by atoms with E-state index < -0.39 is 10.0 Å².